The molecule has 1 heterocycles. The van der Waals surface area contributed by atoms with Crippen LogP contribution in [0.2, 0.25) is 5.15 Å². The highest BCUT2D eigenvalue weighted by Crippen LogP contribution is 2.32. The molecule has 0 radical (unpaired) electrons. The molecule has 0 aliphatic carbocycles. The van der Waals surface area contributed by atoms with E-state index in [1.54, 1.807) is 6.92 Å². The van der Waals surface area contributed by atoms with Crippen LogP contribution in [0.25, 0.3) is 10.9 Å². The van der Waals surface area contributed by atoms with Crippen LogP contribution in [-0.4, -0.2) is 20.0 Å². The van der Waals surface area contributed by atoms with Crippen LogP contribution in [0.3, 0.4) is 0 Å². The maximum absolute atomic E-state index is 11.5. The average molecular weight is 330 g/mol. The normalized spacial score (nSPS) is 10.9. The summed E-state index contributed by atoms with van der Waals surface area (Å²) in [4.78, 5) is 4.06. The zero-order chi connectivity index (χ0) is 14.8. The highest BCUT2D eigenvalue weighted by molar-refractivity contribution is 8.14. The molecule has 0 saturated heterocycles. The first kappa shape index (κ1) is 14.9. The van der Waals surface area contributed by atoms with Crippen molar-refractivity contribution in [2.45, 2.75) is 11.8 Å². The summed E-state index contributed by atoms with van der Waals surface area (Å²) < 4.78 is 28.5. The van der Waals surface area contributed by atoms with E-state index < -0.39 is 9.05 Å². The Bertz CT molecular complexity index is 823. The number of fused-ring (bicyclic) bond motifs is 1. The topological polar surface area (TPSA) is 56.3 Å². The molecule has 4 nitrogen and oxygen atoms in total. The number of halogens is 2. The fourth-order valence-corrected chi connectivity index (χ4v) is 2.87. The number of hydrogen-bond acceptors (Lipinski definition) is 4. The van der Waals surface area contributed by atoms with Gasteiger partial charge in [-0.05, 0) is 31.2 Å². The lowest BCUT2D eigenvalue weighted by Gasteiger charge is -2.09. The highest BCUT2D eigenvalue weighted by Gasteiger charge is 2.17. The van der Waals surface area contributed by atoms with Crippen molar-refractivity contribution >= 4 is 42.2 Å². The van der Waals surface area contributed by atoms with E-state index in [0.717, 1.165) is 0 Å². The summed E-state index contributed by atoms with van der Waals surface area (Å²) in [5.41, 5.74) is 0.331. The molecule has 0 aliphatic heterocycles. The number of aromatic nitrogens is 1. The Morgan fingerprint density at radius 2 is 2.05 bits per heavy atom. The van der Waals surface area contributed by atoms with Gasteiger partial charge in [-0.3, -0.25) is 0 Å². The van der Waals surface area contributed by atoms with Crippen LogP contribution in [-0.2, 0) is 9.05 Å². The van der Waals surface area contributed by atoms with E-state index in [9.17, 15) is 8.42 Å². The fourth-order valence-electron chi connectivity index (χ4n) is 1.66. The van der Waals surface area contributed by atoms with Gasteiger partial charge in [0.15, 0.2) is 0 Å². The van der Waals surface area contributed by atoms with Crippen LogP contribution in [0.4, 0.5) is 0 Å². The number of benzene rings is 1. The zero-order valence-corrected chi connectivity index (χ0v) is 12.7. The van der Waals surface area contributed by atoms with Crippen LogP contribution in [0.1, 0.15) is 6.92 Å². The Labute approximate surface area is 126 Å². The molecule has 0 aliphatic rings. The maximum Gasteiger partial charge on any atom is 0.261 e. The minimum Gasteiger partial charge on any atom is -0.479 e. The van der Waals surface area contributed by atoms with Crippen LogP contribution in [0.15, 0.2) is 29.2 Å². The predicted molar refractivity (Wildman–Crippen MR) is 78.7 cm³/mol. The van der Waals surface area contributed by atoms with Gasteiger partial charge in [0, 0.05) is 16.1 Å². The zero-order valence-electron chi connectivity index (χ0n) is 10.4. The van der Waals surface area contributed by atoms with E-state index in [0.29, 0.717) is 16.7 Å². The van der Waals surface area contributed by atoms with Crippen molar-refractivity contribution in [2.24, 2.45) is 0 Å². The summed E-state index contributed by atoms with van der Waals surface area (Å²) in [6.45, 7) is 1.87. The number of pyridine rings is 1. The lowest BCUT2D eigenvalue weighted by molar-refractivity contribution is 0.373. The Kier molecular flexibility index (Phi) is 4.39. The highest BCUT2D eigenvalue weighted by atomic mass is 35.7. The van der Waals surface area contributed by atoms with E-state index in [4.69, 9.17) is 27.0 Å². The third-order valence-electron chi connectivity index (χ3n) is 2.49. The van der Waals surface area contributed by atoms with Crippen molar-refractivity contribution in [2.75, 3.05) is 6.61 Å². The van der Waals surface area contributed by atoms with Crippen molar-refractivity contribution in [1.29, 1.82) is 0 Å². The molecular formula is C13H9Cl2NO3S. The molecule has 7 heteroatoms. The van der Waals surface area contributed by atoms with Crippen molar-refractivity contribution in [3.05, 3.63) is 29.4 Å². The molecule has 0 N–H and O–H groups in total. The number of nitrogens with zero attached hydrogens (tertiary/aromatic N) is 1. The molecule has 0 bridgehead atoms. The van der Waals surface area contributed by atoms with Gasteiger partial charge in [0.25, 0.3) is 9.05 Å². The van der Waals surface area contributed by atoms with E-state index in [1.165, 1.54) is 24.3 Å². The molecular weight excluding hydrogens is 321 g/mol. The van der Waals surface area contributed by atoms with Crippen LogP contribution in [0, 0.1) is 11.8 Å². The maximum atomic E-state index is 11.5. The van der Waals surface area contributed by atoms with Crippen molar-refractivity contribution in [1.82, 2.24) is 4.98 Å². The number of hydrogen-bond donors (Lipinski definition) is 0. The largest absolute Gasteiger partial charge is 0.479 e. The quantitative estimate of drug-likeness (QED) is 0.493. The summed E-state index contributed by atoms with van der Waals surface area (Å²) in [6.07, 6.45) is 0. The average Bonchev–Trinajstić information content (AvgIpc) is 2.37. The Morgan fingerprint density at radius 3 is 2.70 bits per heavy atom. The third-order valence-corrected chi connectivity index (χ3v) is 4.08. The molecule has 0 fully saturated rings. The molecule has 0 unspecified atom stereocenters. The standard InChI is InChI=1S/C13H9Cl2NO3S/c1-2-3-8-19-10-5-6-11(20(15,17)18)9-4-7-12(14)16-13(9)10/h4-7H,8H2,1H3. The summed E-state index contributed by atoms with van der Waals surface area (Å²) in [5, 5.41) is 0.583. The molecule has 2 rings (SSSR count). The first-order chi connectivity index (χ1) is 9.43. The molecule has 104 valence electrons. The number of ether oxygens (including phenoxy) is 1. The fraction of sp³-hybridized carbons (Fsp3) is 0.154. The minimum absolute atomic E-state index is 0.0349. The first-order valence-electron chi connectivity index (χ1n) is 5.50. The first-order valence-corrected chi connectivity index (χ1v) is 8.18. The Hall–Kier alpha value is -1.48. The molecule has 2 aromatic rings. The van der Waals surface area contributed by atoms with E-state index in [-0.39, 0.29) is 16.7 Å². The van der Waals surface area contributed by atoms with Crippen molar-refractivity contribution in [3.63, 3.8) is 0 Å². The lowest BCUT2D eigenvalue weighted by atomic mass is 10.2. The second kappa shape index (κ2) is 5.88. The van der Waals surface area contributed by atoms with Crippen LogP contribution >= 0.6 is 22.3 Å². The van der Waals surface area contributed by atoms with Gasteiger partial charge in [-0.15, -0.1) is 5.92 Å². The van der Waals surface area contributed by atoms with Gasteiger partial charge in [-0.1, -0.05) is 17.5 Å². The Balaban J connectivity index is 2.67. The number of rotatable bonds is 3. The molecule has 0 amide bonds. The summed E-state index contributed by atoms with van der Waals surface area (Å²) >= 11 is 5.84. The van der Waals surface area contributed by atoms with Gasteiger partial charge < -0.3 is 4.74 Å². The van der Waals surface area contributed by atoms with Gasteiger partial charge in [-0.2, -0.15) is 0 Å². The second-order valence-corrected chi connectivity index (χ2v) is 6.67. The van der Waals surface area contributed by atoms with Gasteiger partial charge in [-0.25, -0.2) is 13.4 Å². The molecule has 0 atom stereocenters. The summed E-state index contributed by atoms with van der Waals surface area (Å²) in [7, 11) is 1.53. The van der Waals surface area contributed by atoms with Crippen LogP contribution in [0.5, 0.6) is 5.75 Å². The molecule has 1 aromatic heterocycles. The van der Waals surface area contributed by atoms with Gasteiger partial charge >= 0.3 is 0 Å². The summed E-state index contributed by atoms with van der Waals surface area (Å²) in [5.74, 6) is 5.84. The second-order valence-electron chi connectivity index (χ2n) is 3.75. The predicted octanol–water partition coefficient (Wildman–Crippen LogP) is 3.22. The minimum atomic E-state index is -3.88. The van der Waals surface area contributed by atoms with Gasteiger partial charge in [0.05, 0.1) is 4.90 Å². The van der Waals surface area contributed by atoms with E-state index in [1.807, 2.05) is 0 Å². The SMILES string of the molecule is CC#CCOc1ccc(S(=O)(=O)Cl)c2ccc(Cl)nc12. The smallest absolute Gasteiger partial charge is 0.261 e. The monoisotopic (exact) mass is 329 g/mol. The van der Waals surface area contributed by atoms with Crippen molar-refractivity contribution in [3.8, 4) is 17.6 Å². The van der Waals surface area contributed by atoms with Crippen molar-refractivity contribution < 1.29 is 13.2 Å². The molecule has 0 saturated carbocycles. The molecule has 1 aromatic carbocycles. The van der Waals surface area contributed by atoms with E-state index in [2.05, 4.69) is 16.8 Å². The lowest BCUT2D eigenvalue weighted by Crippen LogP contribution is -1.99. The summed E-state index contributed by atoms with van der Waals surface area (Å²) in [6, 6.07) is 5.89. The van der Waals surface area contributed by atoms with E-state index >= 15 is 0 Å². The molecule has 0 spiro atoms. The van der Waals surface area contributed by atoms with Gasteiger partial charge in [0.1, 0.15) is 23.0 Å². The third kappa shape index (κ3) is 3.15. The Morgan fingerprint density at radius 1 is 1.30 bits per heavy atom. The van der Waals surface area contributed by atoms with Gasteiger partial charge in [0.2, 0.25) is 0 Å². The molecule has 20 heavy (non-hydrogen) atoms. The van der Waals surface area contributed by atoms with Crippen LogP contribution < -0.4 is 4.74 Å².